The number of amides is 1. The molecule has 148 valence electrons. The van der Waals surface area contributed by atoms with E-state index in [1.807, 2.05) is 0 Å². The van der Waals surface area contributed by atoms with E-state index < -0.39 is 11.9 Å². The van der Waals surface area contributed by atoms with E-state index in [0.717, 1.165) is 10.4 Å². The lowest BCUT2D eigenvalue weighted by Gasteiger charge is -2.42. The van der Waals surface area contributed by atoms with Gasteiger partial charge in [-0.25, -0.2) is 4.79 Å². The molecular formula is C18H24ClN3O4S. The van der Waals surface area contributed by atoms with Gasteiger partial charge in [-0.05, 0) is 46.6 Å². The van der Waals surface area contributed by atoms with Crippen LogP contribution in [0.3, 0.4) is 0 Å². The van der Waals surface area contributed by atoms with Crippen molar-refractivity contribution in [2.45, 2.75) is 52.1 Å². The maximum Gasteiger partial charge on any atom is 0.341 e. The number of thiophene rings is 1. The van der Waals surface area contributed by atoms with Crippen LogP contribution in [0.5, 0.6) is 0 Å². The Balaban J connectivity index is 0.00000261. The molecule has 1 aliphatic rings. The first-order valence-corrected chi connectivity index (χ1v) is 9.14. The van der Waals surface area contributed by atoms with Crippen LogP contribution in [0.25, 0.3) is 0 Å². The first-order valence-electron chi connectivity index (χ1n) is 8.32. The van der Waals surface area contributed by atoms with Crippen molar-refractivity contribution in [3.8, 4) is 0 Å². The van der Waals surface area contributed by atoms with E-state index in [1.165, 1.54) is 18.4 Å². The smallest absolute Gasteiger partial charge is 0.341 e. The number of aryl methyl sites for hydroxylation is 1. The molecule has 0 saturated heterocycles. The summed E-state index contributed by atoms with van der Waals surface area (Å²) >= 11 is 1.39. The van der Waals surface area contributed by atoms with E-state index in [1.54, 1.807) is 13.0 Å². The monoisotopic (exact) mass is 413 g/mol. The van der Waals surface area contributed by atoms with Crippen molar-refractivity contribution >= 4 is 40.6 Å². The minimum Gasteiger partial charge on any atom is -0.465 e. The van der Waals surface area contributed by atoms with Crippen LogP contribution in [0, 0.1) is 6.92 Å². The third-order valence-corrected chi connectivity index (χ3v) is 5.79. The summed E-state index contributed by atoms with van der Waals surface area (Å²) in [6.45, 7) is 10.0. The van der Waals surface area contributed by atoms with Crippen molar-refractivity contribution in [3.05, 3.63) is 33.5 Å². The SMILES string of the molecule is COC(=O)c1c(NC(=O)c2cc(C)on2)sc2c1CC(C)(C)NC2(C)C.Cl. The summed E-state index contributed by atoms with van der Waals surface area (Å²) in [5.41, 5.74) is 0.983. The van der Waals surface area contributed by atoms with Crippen LogP contribution in [0.1, 0.15) is 64.7 Å². The van der Waals surface area contributed by atoms with Crippen LogP contribution in [0.2, 0.25) is 0 Å². The van der Waals surface area contributed by atoms with Gasteiger partial charge in [-0.1, -0.05) is 5.16 Å². The van der Waals surface area contributed by atoms with Gasteiger partial charge in [0.1, 0.15) is 10.8 Å². The molecule has 0 spiro atoms. The first kappa shape index (κ1) is 21.4. The van der Waals surface area contributed by atoms with Crippen LogP contribution < -0.4 is 10.6 Å². The largest absolute Gasteiger partial charge is 0.465 e. The second-order valence-electron chi connectivity index (χ2n) is 7.69. The third kappa shape index (κ3) is 4.02. The highest BCUT2D eigenvalue weighted by Crippen LogP contribution is 2.45. The van der Waals surface area contributed by atoms with Gasteiger partial charge >= 0.3 is 5.97 Å². The molecule has 3 heterocycles. The summed E-state index contributed by atoms with van der Waals surface area (Å²) in [6.07, 6.45) is 0.658. The van der Waals surface area contributed by atoms with E-state index in [0.29, 0.717) is 22.7 Å². The highest BCUT2D eigenvalue weighted by Gasteiger charge is 2.42. The highest BCUT2D eigenvalue weighted by atomic mass is 35.5. The average Bonchev–Trinajstić information content (AvgIpc) is 3.09. The fourth-order valence-electron chi connectivity index (χ4n) is 3.57. The van der Waals surface area contributed by atoms with E-state index in [9.17, 15) is 9.59 Å². The number of halogens is 1. The number of hydrogen-bond donors (Lipinski definition) is 2. The lowest BCUT2D eigenvalue weighted by Crippen LogP contribution is -2.55. The Kier molecular flexibility index (Phi) is 5.75. The van der Waals surface area contributed by atoms with Gasteiger partial charge < -0.3 is 19.9 Å². The molecule has 2 aromatic heterocycles. The van der Waals surface area contributed by atoms with Crippen molar-refractivity contribution in [1.82, 2.24) is 10.5 Å². The van der Waals surface area contributed by atoms with Gasteiger partial charge in [0.2, 0.25) is 0 Å². The van der Waals surface area contributed by atoms with Crippen molar-refractivity contribution < 1.29 is 18.8 Å². The minimum atomic E-state index is -0.456. The number of ether oxygens (including phenoxy) is 1. The van der Waals surface area contributed by atoms with Crippen LogP contribution in [-0.2, 0) is 16.7 Å². The standard InChI is InChI=1S/C18H23N3O4S.ClH/c1-9-7-11(20-25-9)14(22)19-15-12(16(23)24-6)10-8-17(2,3)21-18(4,5)13(10)26-15;/h7,21H,8H2,1-6H3,(H,19,22);1H. The summed E-state index contributed by atoms with van der Waals surface area (Å²) in [6, 6.07) is 1.55. The molecule has 2 aromatic rings. The molecule has 0 bridgehead atoms. The molecular weight excluding hydrogens is 390 g/mol. The number of carbonyl (C=O) groups is 2. The summed E-state index contributed by atoms with van der Waals surface area (Å²) in [4.78, 5) is 26.0. The number of aromatic nitrogens is 1. The molecule has 0 saturated carbocycles. The molecule has 0 atom stereocenters. The van der Waals surface area contributed by atoms with Gasteiger partial charge in [-0.3, -0.25) is 4.79 Å². The molecule has 0 unspecified atom stereocenters. The molecule has 1 aliphatic heterocycles. The molecule has 7 nitrogen and oxygen atoms in total. The van der Waals surface area contributed by atoms with E-state index in [2.05, 4.69) is 43.5 Å². The summed E-state index contributed by atoms with van der Waals surface area (Å²) < 4.78 is 9.95. The Morgan fingerprint density at radius 3 is 2.56 bits per heavy atom. The van der Waals surface area contributed by atoms with Crippen LogP contribution in [0.4, 0.5) is 5.00 Å². The van der Waals surface area contributed by atoms with Gasteiger partial charge in [0, 0.05) is 22.0 Å². The number of anilines is 1. The zero-order chi connectivity index (χ0) is 19.3. The van der Waals surface area contributed by atoms with Crippen LogP contribution in [-0.4, -0.2) is 29.7 Å². The van der Waals surface area contributed by atoms with Gasteiger partial charge in [0.15, 0.2) is 5.69 Å². The molecule has 1 amide bonds. The number of nitrogens with zero attached hydrogens (tertiary/aromatic N) is 1. The molecule has 2 N–H and O–H groups in total. The Hall–Kier alpha value is -1.90. The lowest BCUT2D eigenvalue weighted by molar-refractivity contribution is 0.0600. The molecule has 0 fully saturated rings. The number of rotatable bonds is 3. The molecule has 9 heteroatoms. The Labute approximate surface area is 168 Å². The third-order valence-electron chi connectivity index (χ3n) is 4.32. The zero-order valence-corrected chi connectivity index (χ0v) is 17.8. The van der Waals surface area contributed by atoms with Crippen molar-refractivity contribution in [2.75, 3.05) is 12.4 Å². The second-order valence-corrected chi connectivity index (χ2v) is 8.71. The van der Waals surface area contributed by atoms with Gasteiger partial charge in [0.25, 0.3) is 5.91 Å². The lowest BCUT2D eigenvalue weighted by atomic mass is 9.81. The van der Waals surface area contributed by atoms with Crippen LogP contribution >= 0.6 is 23.7 Å². The number of fused-ring (bicyclic) bond motifs is 1. The number of esters is 1. The van der Waals surface area contributed by atoms with Gasteiger partial charge in [-0.15, -0.1) is 23.7 Å². The average molecular weight is 414 g/mol. The van der Waals surface area contributed by atoms with Gasteiger partial charge in [0.05, 0.1) is 12.7 Å². The van der Waals surface area contributed by atoms with Crippen molar-refractivity contribution in [3.63, 3.8) is 0 Å². The summed E-state index contributed by atoms with van der Waals surface area (Å²) in [5, 5.41) is 10.6. The number of carbonyl (C=O) groups excluding carboxylic acids is 2. The molecule has 0 aromatic carbocycles. The predicted molar refractivity (Wildman–Crippen MR) is 106 cm³/mol. The van der Waals surface area contributed by atoms with Crippen molar-refractivity contribution in [2.24, 2.45) is 0 Å². The Bertz CT molecular complexity index is 885. The minimum absolute atomic E-state index is 0. The highest BCUT2D eigenvalue weighted by molar-refractivity contribution is 7.17. The van der Waals surface area contributed by atoms with Crippen LogP contribution in [0.15, 0.2) is 10.6 Å². The maximum atomic E-state index is 12.5. The second kappa shape index (κ2) is 7.26. The van der Waals surface area contributed by atoms with E-state index in [-0.39, 0.29) is 29.2 Å². The molecule has 27 heavy (non-hydrogen) atoms. The predicted octanol–water partition coefficient (Wildman–Crippen LogP) is 3.66. The normalized spacial score (nSPS) is 16.8. The van der Waals surface area contributed by atoms with Crippen molar-refractivity contribution in [1.29, 1.82) is 0 Å². The fourth-order valence-corrected chi connectivity index (χ4v) is 4.83. The Morgan fingerprint density at radius 1 is 1.33 bits per heavy atom. The maximum absolute atomic E-state index is 12.5. The number of hydrogen-bond acceptors (Lipinski definition) is 7. The summed E-state index contributed by atoms with van der Waals surface area (Å²) in [7, 11) is 1.34. The van der Waals surface area contributed by atoms with E-state index >= 15 is 0 Å². The topological polar surface area (TPSA) is 93.5 Å². The molecule has 0 aliphatic carbocycles. The number of methoxy groups -OCH3 is 1. The summed E-state index contributed by atoms with van der Waals surface area (Å²) in [5.74, 6) is -0.334. The first-order chi connectivity index (χ1) is 12.0. The quantitative estimate of drug-likeness (QED) is 0.746. The fraction of sp³-hybridized carbons (Fsp3) is 0.500. The van der Waals surface area contributed by atoms with E-state index in [4.69, 9.17) is 9.26 Å². The molecule has 0 radical (unpaired) electrons. The zero-order valence-electron chi connectivity index (χ0n) is 16.2. The van der Waals surface area contributed by atoms with Gasteiger partial charge in [-0.2, -0.15) is 0 Å². The Morgan fingerprint density at radius 2 is 2.00 bits per heavy atom. The number of nitrogens with one attached hydrogen (secondary N) is 2. The molecule has 3 rings (SSSR count).